The summed E-state index contributed by atoms with van der Waals surface area (Å²) in [6, 6.07) is 15.8. The second-order valence-corrected chi connectivity index (χ2v) is 10.8. The van der Waals surface area contributed by atoms with Crippen LogP contribution < -0.4 is 10.1 Å². The fourth-order valence-corrected chi connectivity index (χ4v) is 6.36. The first kappa shape index (κ1) is 26.2. The summed E-state index contributed by atoms with van der Waals surface area (Å²) in [6.45, 7) is 4.85. The molecule has 1 fully saturated rings. The number of benzene rings is 2. The average molecular weight is 537 g/mol. The third-order valence-corrected chi connectivity index (χ3v) is 8.40. The quantitative estimate of drug-likeness (QED) is 0.482. The first-order valence-electron chi connectivity index (χ1n) is 13.0. The van der Waals surface area contributed by atoms with Gasteiger partial charge >= 0.3 is 6.03 Å². The normalized spacial score (nSPS) is 19.7. The first-order valence-corrected chi connectivity index (χ1v) is 13.9. The van der Waals surface area contributed by atoms with Crippen molar-refractivity contribution in [1.82, 2.24) is 14.7 Å². The molecule has 200 valence electrons. The number of amides is 3. The third-order valence-electron chi connectivity index (χ3n) is 7.41. The van der Waals surface area contributed by atoms with Crippen LogP contribution in [0.1, 0.15) is 35.4 Å². The van der Waals surface area contributed by atoms with E-state index >= 15 is 0 Å². The number of methoxy groups -OCH3 is 1. The highest BCUT2D eigenvalue weighted by molar-refractivity contribution is 7.10. The summed E-state index contributed by atoms with van der Waals surface area (Å²) in [6.07, 6.45) is 1.32. The number of hydrogen-bond acceptors (Lipinski definition) is 5. The monoisotopic (exact) mass is 536 g/mol. The van der Waals surface area contributed by atoms with Crippen molar-refractivity contribution in [2.24, 2.45) is 0 Å². The standard InChI is InChI=1S/C29H33FN4O3S/c1-20-19-33(14-15-34(20)29(36)31-23-7-4-8-24(18-23)37-2)27(35)10-13-32-12-9-26-25(11-16-38-26)28(32)21-5-3-6-22(30)17-21/h3-8,11,16-18,20,28H,9-10,12-15,19H2,1-2H3,(H,31,36)/t20-,28+/m1/s1. The Morgan fingerprint density at radius 3 is 2.74 bits per heavy atom. The zero-order valence-electron chi connectivity index (χ0n) is 21.7. The molecule has 3 amide bonds. The number of fused-ring (bicyclic) bond motifs is 1. The zero-order valence-corrected chi connectivity index (χ0v) is 22.5. The third kappa shape index (κ3) is 5.68. The number of piperazine rings is 1. The number of nitrogens with one attached hydrogen (secondary N) is 1. The van der Waals surface area contributed by atoms with Crippen LogP contribution in [0, 0.1) is 5.82 Å². The molecule has 1 aromatic heterocycles. The Morgan fingerprint density at radius 1 is 1.11 bits per heavy atom. The van der Waals surface area contributed by atoms with Gasteiger partial charge in [0.05, 0.1) is 13.2 Å². The van der Waals surface area contributed by atoms with Gasteiger partial charge in [0.1, 0.15) is 11.6 Å². The van der Waals surface area contributed by atoms with Gasteiger partial charge in [0, 0.05) is 61.8 Å². The van der Waals surface area contributed by atoms with Gasteiger partial charge in [0.25, 0.3) is 0 Å². The van der Waals surface area contributed by atoms with E-state index in [4.69, 9.17) is 4.74 Å². The Kier molecular flexibility index (Phi) is 7.95. The molecule has 2 aliphatic heterocycles. The Hall–Kier alpha value is -3.43. The number of thiophene rings is 1. The number of urea groups is 1. The molecule has 3 heterocycles. The maximum Gasteiger partial charge on any atom is 0.322 e. The van der Waals surface area contributed by atoms with Gasteiger partial charge in [-0.15, -0.1) is 11.3 Å². The van der Waals surface area contributed by atoms with Crippen LogP contribution in [0.3, 0.4) is 0 Å². The highest BCUT2D eigenvalue weighted by Crippen LogP contribution is 2.38. The predicted octanol–water partition coefficient (Wildman–Crippen LogP) is 5.00. The molecule has 3 aromatic rings. The number of carbonyl (C=O) groups excluding carboxylic acids is 2. The molecule has 0 saturated carbocycles. The van der Waals surface area contributed by atoms with Gasteiger partial charge in [-0.3, -0.25) is 9.69 Å². The van der Waals surface area contributed by atoms with Gasteiger partial charge in [-0.05, 0) is 60.2 Å². The molecule has 2 aromatic carbocycles. The van der Waals surface area contributed by atoms with Gasteiger partial charge in [-0.2, -0.15) is 0 Å². The van der Waals surface area contributed by atoms with Gasteiger partial charge in [-0.1, -0.05) is 18.2 Å². The van der Waals surface area contributed by atoms with Gasteiger partial charge in [0.15, 0.2) is 0 Å². The Balaban J connectivity index is 1.18. The second kappa shape index (κ2) is 11.5. The van der Waals surface area contributed by atoms with Crippen LogP contribution in [0.25, 0.3) is 0 Å². The molecule has 1 saturated heterocycles. The lowest BCUT2D eigenvalue weighted by atomic mass is 9.93. The number of hydrogen-bond donors (Lipinski definition) is 1. The SMILES string of the molecule is COc1cccc(NC(=O)N2CCN(C(=O)CCN3CCc4sccc4[C@@H]3c3cccc(F)c3)C[C@H]2C)c1. The smallest absolute Gasteiger partial charge is 0.322 e. The van der Waals surface area contributed by atoms with Crippen molar-refractivity contribution in [3.05, 3.63) is 81.8 Å². The molecule has 1 N–H and O–H groups in total. The van der Waals surface area contributed by atoms with Crippen molar-refractivity contribution in [3.63, 3.8) is 0 Å². The van der Waals surface area contributed by atoms with E-state index < -0.39 is 0 Å². The van der Waals surface area contributed by atoms with Crippen molar-refractivity contribution >= 4 is 29.0 Å². The average Bonchev–Trinajstić information content (AvgIpc) is 3.40. The zero-order chi connectivity index (χ0) is 26.6. The molecule has 0 spiro atoms. The molecule has 0 aliphatic carbocycles. The summed E-state index contributed by atoms with van der Waals surface area (Å²) in [5, 5.41) is 5.02. The summed E-state index contributed by atoms with van der Waals surface area (Å²) in [5.41, 5.74) is 2.80. The molecule has 7 nitrogen and oxygen atoms in total. The fraction of sp³-hybridized carbons (Fsp3) is 0.379. The van der Waals surface area contributed by atoms with Crippen molar-refractivity contribution in [1.29, 1.82) is 0 Å². The Bertz CT molecular complexity index is 1300. The molecular weight excluding hydrogens is 503 g/mol. The van der Waals surface area contributed by atoms with Gasteiger partial charge in [0.2, 0.25) is 5.91 Å². The van der Waals surface area contributed by atoms with E-state index in [-0.39, 0.29) is 29.8 Å². The van der Waals surface area contributed by atoms with Crippen molar-refractivity contribution in [2.75, 3.05) is 45.2 Å². The van der Waals surface area contributed by atoms with Gasteiger partial charge < -0.3 is 19.9 Å². The van der Waals surface area contributed by atoms with E-state index in [1.54, 1.807) is 41.5 Å². The molecule has 9 heteroatoms. The molecule has 0 unspecified atom stereocenters. The summed E-state index contributed by atoms with van der Waals surface area (Å²) in [5.74, 6) is 0.511. The van der Waals surface area contributed by atoms with Crippen LogP contribution in [0.15, 0.2) is 60.0 Å². The molecule has 5 rings (SSSR count). The lowest BCUT2D eigenvalue weighted by Crippen LogP contribution is -2.56. The topological polar surface area (TPSA) is 65.1 Å². The molecule has 0 bridgehead atoms. The van der Waals surface area contributed by atoms with Crippen LogP contribution in [0.5, 0.6) is 5.75 Å². The highest BCUT2D eigenvalue weighted by atomic mass is 32.1. The first-order chi connectivity index (χ1) is 18.4. The summed E-state index contributed by atoms with van der Waals surface area (Å²) in [7, 11) is 1.59. The lowest BCUT2D eigenvalue weighted by molar-refractivity contribution is -0.134. The van der Waals surface area contributed by atoms with Crippen LogP contribution in [-0.4, -0.2) is 72.5 Å². The largest absolute Gasteiger partial charge is 0.497 e. The van der Waals surface area contributed by atoms with Crippen molar-refractivity contribution in [3.8, 4) is 5.75 Å². The van der Waals surface area contributed by atoms with E-state index in [9.17, 15) is 14.0 Å². The molecule has 38 heavy (non-hydrogen) atoms. The van der Waals surface area contributed by atoms with Crippen LogP contribution in [0.2, 0.25) is 0 Å². The molecule has 2 aliphatic rings. The maximum atomic E-state index is 14.1. The number of halogens is 1. The maximum absolute atomic E-state index is 14.1. The number of rotatable bonds is 6. The van der Waals surface area contributed by atoms with E-state index in [0.29, 0.717) is 44.0 Å². The Morgan fingerprint density at radius 2 is 1.95 bits per heavy atom. The molecular formula is C29H33FN4O3S. The van der Waals surface area contributed by atoms with Gasteiger partial charge in [-0.25, -0.2) is 9.18 Å². The highest BCUT2D eigenvalue weighted by Gasteiger charge is 2.32. The fourth-order valence-electron chi connectivity index (χ4n) is 5.46. The van der Waals surface area contributed by atoms with Crippen LogP contribution in [-0.2, 0) is 11.2 Å². The minimum Gasteiger partial charge on any atom is -0.497 e. The minimum atomic E-state index is -0.247. The number of anilines is 1. The minimum absolute atomic E-state index is 0.0513. The van der Waals surface area contributed by atoms with E-state index in [1.807, 2.05) is 36.1 Å². The summed E-state index contributed by atoms with van der Waals surface area (Å²) >= 11 is 1.74. The number of ether oxygens (including phenoxy) is 1. The van der Waals surface area contributed by atoms with Crippen molar-refractivity contribution < 1.29 is 18.7 Å². The second-order valence-electron chi connectivity index (χ2n) is 9.84. The van der Waals surface area contributed by atoms with E-state index in [0.717, 1.165) is 18.5 Å². The number of nitrogens with zero attached hydrogens (tertiary/aromatic N) is 3. The van der Waals surface area contributed by atoms with Crippen LogP contribution in [0.4, 0.5) is 14.9 Å². The number of carbonyl (C=O) groups is 2. The Labute approximate surface area is 226 Å². The lowest BCUT2D eigenvalue weighted by Gasteiger charge is -2.40. The van der Waals surface area contributed by atoms with Crippen molar-refractivity contribution in [2.45, 2.75) is 31.8 Å². The van der Waals surface area contributed by atoms with Crippen LogP contribution >= 0.6 is 11.3 Å². The summed E-state index contributed by atoms with van der Waals surface area (Å²) < 4.78 is 19.3. The molecule has 2 atom stereocenters. The van der Waals surface area contributed by atoms with E-state index in [1.165, 1.54) is 16.5 Å². The summed E-state index contributed by atoms with van der Waals surface area (Å²) in [4.78, 5) is 33.4. The predicted molar refractivity (Wildman–Crippen MR) is 147 cm³/mol. The molecule has 0 radical (unpaired) electrons. The van der Waals surface area contributed by atoms with E-state index in [2.05, 4.69) is 21.7 Å².